The fourth-order valence-corrected chi connectivity index (χ4v) is 6.88. The highest BCUT2D eigenvalue weighted by Crippen LogP contribution is 2.42. The van der Waals surface area contributed by atoms with E-state index >= 15 is 0 Å². The van der Waals surface area contributed by atoms with E-state index in [-0.39, 0.29) is 17.2 Å². The number of sulfonamides is 1. The summed E-state index contributed by atoms with van der Waals surface area (Å²) in [6, 6.07) is 5.95. The summed E-state index contributed by atoms with van der Waals surface area (Å²) in [4.78, 5) is 17.3. The molecule has 0 bridgehead atoms. The van der Waals surface area contributed by atoms with Crippen LogP contribution in [0.5, 0.6) is 0 Å². The maximum atomic E-state index is 13.4. The van der Waals surface area contributed by atoms with E-state index in [1.165, 1.54) is 32.1 Å². The van der Waals surface area contributed by atoms with Gasteiger partial charge >= 0.3 is 0 Å². The van der Waals surface area contributed by atoms with Crippen molar-refractivity contribution in [2.24, 2.45) is 5.92 Å². The molecule has 0 unspecified atom stereocenters. The van der Waals surface area contributed by atoms with E-state index in [0.29, 0.717) is 30.6 Å². The van der Waals surface area contributed by atoms with E-state index in [9.17, 15) is 13.2 Å². The van der Waals surface area contributed by atoms with Crippen molar-refractivity contribution in [2.75, 3.05) is 37.6 Å². The Bertz CT molecular complexity index is 927. The third-order valence-electron chi connectivity index (χ3n) is 7.30. The number of piperazine rings is 1. The summed E-state index contributed by atoms with van der Waals surface area (Å²) in [6.45, 7) is 11.3. The van der Waals surface area contributed by atoms with Gasteiger partial charge in [0.25, 0.3) is 0 Å². The average Bonchev–Trinajstić information content (AvgIpc) is 3.04. The number of anilines is 1. The van der Waals surface area contributed by atoms with Gasteiger partial charge in [-0.25, -0.2) is 8.42 Å². The van der Waals surface area contributed by atoms with E-state index in [0.717, 1.165) is 24.3 Å². The Labute approximate surface area is 187 Å². The molecule has 2 fully saturated rings. The lowest BCUT2D eigenvalue weighted by Crippen LogP contribution is -2.52. The number of fused-ring (bicyclic) bond motifs is 1. The van der Waals surface area contributed by atoms with Crippen LogP contribution in [-0.4, -0.2) is 62.3 Å². The fraction of sp³-hybridized carbons (Fsp3) is 0.708. The summed E-state index contributed by atoms with van der Waals surface area (Å²) in [5, 5.41) is 0. The van der Waals surface area contributed by atoms with E-state index in [1.54, 1.807) is 10.4 Å². The van der Waals surface area contributed by atoms with Gasteiger partial charge in [0.1, 0.15) is 0 Å². The minimum Gasteiger partial charge on any atom is -0.311 e. The second kappa shape index (κ2) is 8.49. The van der Waals surface area contributed by atoms with Crippen molar-refractivity contribution in [1.29, 1.82) is 0 Å². The molecule has 0 atom stereocenters. The van der Waals surface area contributed by atoms with Crippen LogP contribution in [0, 0.1) is 5.92 Å². The Morgan fingerprint density at radius 3 is 2.29 bits per heavy atom. The zero-order valence-electron chi connectivity index (χ0n) is 19.4. The lowest BCUT2D eigenvalue weighted by atomic mass is 9.87. The largest absolute Gasteiger partial charge is 0.311 e. The molecule has 1 aromatic rings. The van der Waals surface area contributed by atoms with Gasteiger partial charge in [0.2, 0.25) is 15.9 Å². The average molecular weight is 448 g/mol. The van der Waals surface area contributed by atoms with Crippen LogP contribution in [-0.2, 0) is 20.2 Å². The van der Waals surface area contributed by atoms with Crippen LogP contribution in [0.25, 0.3) is 0 Å². The van der Waals surface area contributed by atoms with Crippen LogP contribution in [0.15, 0.2) is 23.1 Å². The summed E-state index contributed by atoms with van der Waals surface area (Å²) in [6.07, 6.45) is 6.42. The maximum Gasteiger partial charge on any atom is 0.243 e. The Balaban J connectivity index is 1.53. The maximum absolute atomic E-state index is 13.4. The van der Waals surface area contributed by atoms with E-state index in [2.05, 4.69) is 18.7 Å². The highest BCUT2D eigenvalue weighted by molar-refractivity contribution is 7.89. The highest BCUT2D eigenvalue weighted by Gasteiger charge is 2.40. The fourth-order valence-electron chi connectivity index (χ4n) is 5.43. The van der Waals surface area contributed by atoms with Crippen molar-refractivity contribution in [3.63, 3.8) is 0 Å². The molecule has 0 N–H and O–H groups in total. The van der Waals surface area contributed by atoms with Gasteiger partial charge in [-0.05, 0) is 36.6 Å². The van der Waals surface area contributed by atoms with Crippen molar-refractivity contribution in [1.82, 2.24) is 9.21 Å². The lowest BCUT2D eigenvalue weighted by molar-refractivity contribution is -0.121. The van der Waals surface area contributed by atoms with Crippen molar-refractivity contribution in [3.8, 4) is 0 Å². The molecular formula is C24H37N3O3S. The number of hydrogen-bond donors (Lipinski definition) is 0. The number of rotatable bonds is 4. The molecule has 1 saturated carbocycles. The molecule has 1 aromatic carbocycles. The van der Waals surface area contributed by atoms with Crippen molar-refractivity contribution in [2.45, 2.75) is 76.2 Å². The molecule has 31 heavy (non-hydrogen) atoms. The van der Waals surface area contributed by atoms with Crippen LogP contribution in [0.2, 0.25) is 0 Å². The molecule has 1 saturated heterocycles. The first-order valence-corrected chi connectivity index (χ1v) is 13.3. The molecule has 2 aliphatic heterocycles. The van der Waals surface area contributed by atoms with Gasteiger partial charge in [0.15, 0.2) is 0 Å². The number of carbonyl (C=O) groups is 1. The van der Waals surface area contributed by atoms with Crippen LogP contribution in [0.1, 0.15) is 65.4 Å². The summed E-state index contributed by atoms with van der Waals surface area (Å²) in [7, 11) is -3.54. The van der Waals surface area contributed by atoms with Crippen LogP contribution in [0.4, 0.5) is 5.69 Å². The number of hydrogen-bond acceptors (Lipinski definition) is 4. The van der Waals surface area contributed by atoms with E-state index in [1.807, 2.05) is 30.9 Å². The number of amides is 1. The molecule has 0 spiro atoms. The summed E-state index contributed by atoms with van der Waals surface area (Å²) < 4.78 is 28.5. The van der Waals surface area contributed by atoms with Gasteiger partial charge in [-0.3, -0.25) is 9.69 Å². The van der Waals surface area contributed by atoms with Gasteiger partial charge in [0, 0.05) is 55.8 Å². The molecule has 6 nitrogen and oxygen atoms in total. The number of nitrogens with zero attached hydrogens (tertiary/aromatic N) is 3. The molecule has 2 heterocycles. The first-order chi connectivity index (χ1) is 14.6. The predicted molar refractivity (Wildman–Crippen MR) is 124 cm³/mol. The van der Waals surface area contributed by atoms with Gasteiger partial charge in [-0.2, -0.15) is 4.31 Å². The number of carbonyl (C=O) groups excluding carboxylic acids is 1. The molecule has 1 amide bonds. The predicted octanol–water partition coefficient (Wildman–Crippen LogP) is 3.61. The van der Waals surface area contributed by atoms with E-state index < -0.39 is 10.0 Å². The molecule has 172 valence electrons. The van der Waals surface area contributed by atoms with E-state index in [4.69, 9.17) is 0 Å². The Morgan fingerprint density at radius 1 is 1.03 bits per heavy atom. The van der Waals surface area contributed by atoms with Gasteiger partial charge in [0.05, 0.1) is 4.90 Å². The van der Waals surface area contributed by atoms with Gasteiger partial charge in [-0.1, -0.05) is 47.0 Å². The van der Waals surface area contributed by atoms with Gasteiger partial charge in [-0.15, -0.1) is 0 Å². The number of benzene rings is 1. The normalized spacial score (nSPS) is 23.3. The first kappa shape index (κ1) is 22.7. The SMILES string of the molecule is CC(C)C(=O)N1CC(C)(C)c2cc(S(=O)(=O)N3CCN(C4CCCCC4)CC3)ccc21. The highest BCUT2D eigenvalue weighted by atomic mass is 32.2. The summed E-state index contributed by atoms with van der Waals surface area (Å²) in [5.74, 6) is -0.00751. The lowest BCUT2D eigenvalue weighted by Gasteiger charge is -2.40. The topological polar surface area (TPSA) is 60.9 Å². The van der Waals surface area contributed by atoms with Crippen LogP contribution < -0.4 is 4.90 Å². The minimum absolute atomic E-state index is 0.0845. The van der Waals surface area contributed by atoms with Crippen molar-refractivity contribution >= 4 is 21.6 Å². The molecular weight excluding hydrogens is 410 g/mol. The molecule has 0 aromatic heterocycles. The zero-order chi connectivity index (χ0) is 22.4. The monoisotopic (exact) mass is 447 g/mol. The molecule has 0 radical (unpaired) electrons. The Hall–Kier alpha value is -1.44. The van der Waals surface area contributed by atoms with Gasteiger partial charge < -0.3 is 4.90 Å². The summed E-state index contributed by atoms with van der Waals surface area (Å²) >= 11 is 0. The van der Waals surface area contributed by atoms with Crippen molar-refractivity contribution in [3.05, 3.63) is 23.8 Å². The Kier molecular flexibility index (Phi) is 6.23. The third-order valence-corrected chi connectivity index (χ3v) is 9.20. The van der Waals surface area contributed by atoms with Crippen molar-refractivity contribution < 1.29 is 13.2 Å². The molecule has 4 rings (SSSR count). The quantitative estimate of drug-likeness (QED) is 0.708. The minimum atomic E-state index is -3.54. The summed E-state index contributed by atoms with van der Waals surface area (Å²) in [5.41, 5.74) is 1.53. The third kappa shape index (κ3) is 4.29. The molecule has 7 heteroatoms. The zero-order valence-corrected chi connectivity index (χ0v) is 20.2. The standard InChI is InChI=1S/C24H37N3O3S/c1-18(2)23(28)27-17-24(3,4)21-16-20(10-11-22(21)27)31(29,30)26-14-12-25(13-15-26)19-8-6-5-7-9-19/h10-11,16,18-19H,5-9,12-15,17H2,1-4H3. The second-order valence-electron chi connectivity index (χ2n) is 10.4. The molecule has 1 aliphatic carbocycles. The first-order valence-electron chi connectivity index (χ1n) is 11.8. The van der Waals surface area contributed by atoms with Crippen LogP contribution >= 0.6 is 0 Å². The Morgan fingerprint density at radius 2 is 1.68 bits per heavy atom. The smallest absolute Gasteiger partial charge is 0.243 e. The molecule has 3 aliphatic rings. The van der Waals surface area contributed by atoms with Crippen LogP contribution in [0.3, 0.4) is 0 Å². The second-order valence-corrected chi connectivity index (χ2v) is 12.3.